The van der Waals surface area contributed by atoms with Gasteiger partial charge >= 0.3 is 5.97 Å². The zero-order chi connectivity index (χ0) is 13.9. The first-order valence-corrected chi connectivity index (χ1v) is 6.58. The van der Waals surface area contributed by atoms with E-state index in [2.05, 4.69) is 10.1 Å². The first-order chi connectivity index (χ1) is 8.96. The third-order valence-electron chi connectivity index (χ3n) is 3.27. The van der Waals surface area contributed by atoms with E-state index in [1.807, 2.05) is 13.8 Å². The molecule has 1 aliphatic rings. The minimum absolute atomic E-state index is 0.0806. The molecule has 0 saturated carbocycles. The van der Waals surface area contributed by atoms with E-state index in [0.29, 0.717) is 24.7 Å². The Morgan fingerprint density at radius 1 is 1.53 bits per heavy atom. The second-order valence-corrected chi connectivity index (χ2v) is 5.87. The Bertz CT molecular complexity index is 436. The fraction of sp³-hybridized carbons (Fsp3) is 0.769. The molecule has 106 valence electrons. The summed E-state index contributed by atoms with van der Waals surface area (Å²) in [7, 11) is 0. The number of ether oxygens (including phenoxy) is 1. The summed E-state index contributed by atoms with van der Waals surface area (Å²) < 4.78 is 10.6. The van der Waals surface area contributed by atoms with Crippen molar-refractivity contribution in [3.05, 3.63) is 11.7 Å². The van der Waals surface area contributed by atoms with Crippen LogP contribution in [0.4, 0.5) is 0 Å². The highest BCUT2D eigenvalue weighted by molar-refractivity contribution is 5.67. The highest BCUT2D eigenvalue weighted by Crippen LogP contribution is 2.27. The number of hydrogen-bond acceptors (Lipinski definition) is 5. The average molecular weight is 268 g/mol. The van der Waals surface area contributed by atoms with E-state index in [4.69, 9.17) is 14.4 Å². The molecule has 2 rings (SSSR count). The van der Waals surface area contributed by atoms with Gasteiger partial charge in [-0.3, -0.25) is 4.79 Å². The van der Waals surface area contributed by atoms with Crippen LogP contribution >= 0.6 is 0 Å². The number of carboxylic acids is 1. The molecule has 0 aliphatic carbocycles. The van der Waals surface area contributed by atoms with E-state index in [9.17, 15) is 4.79 Å². The molecular formula is C13H20N2O4. The number of carboxylic acid groups (broad SMARTS) is 1. The van der Waals surface area contributed by atoms with E-state index in [-0.39, 0.29) is 12.3 Å². The van der Waals surface area contributed by atoms with Gasteiger partial charge in [0, 0.05) is 18.9 Å². The second-order valence-electron chi connectivity index (χ2n) is 5.87. The van der Waals surface area contributed by atoms with Crippen LogP contribution in [0.1, 0.15) is 50.7 Å². The van der Waals surface area contributed by atoms with Gasteiger partial charge in [0.25, 0.3) is 0 Å². The summed E-state index contributed by atoms with van der Waals surface area (Å²) in [6.45, 7) is 5.20. The zero-order valence-electron chi connectivity index (χ0n) is 11.4. The van der Waals surface area contributed by atoms with E-state index in [0.717, 1.165) is 19.4 Å². The first-order valence-electron chi connectivity index (χ1n) is 6.58. The molecule has 6 heteroatoms. The molecule has 0 amide bonds. The molecule has 19 heavy (non-hydrogen) atoms. The Balaban J connectivity index is 1.98. The van der Waals surface area contributed by atoms with Gasteiger partial charge in [-0.1, -0.05) is 19.0 Å². The van der Waals surface area contributed by atoms with Crippen LogP contribution < -0.4 is 0 Å². The molecular weight excluding hydrogens is 248 g/mol. The Kier molecular flexibility index (Phi) is 4.19. The summed E-state index contributed by atoms with van der Waals surface area (Å²) >= 11 is 0. The summed E-state index contributed by atoms with van der Waals surface area (Å²) in [4.78, 5) is 15.2. The Hall–Kier alpha value is -1.43. The van der Waals surface area contributed by atoms with Crippen molar-refractivity contribution in [3.63, 3.8) is 0 Å². The van der Waals surface area contributed by atoms with Crippen molar-refractivity contribution in [3.8, 4) is 0 Å². The molecule has 1 saturated heterocycles. The summed E-state index contributed by atoms with van der Waals surface area (Å²) in [6.07, 6.45) is 2.58. The molecule has 1 unspecified atom stereocenters. The Morgan fingerprint density at radius 2 is 2.32 bits per heavy atom. The van der Waals surface area contributed by atoms with Crippen LogP contribution in [0.2, 0.25) is 0 Å². The SMILES string of the molecule is CC(C)(CC(=O)O)Cc1nc(C2CCCOC2)no1. The monoisotopic (exact) mass is 268 g/mol. The molecule has 0 radical (unpaired) electrons. The molecule has 0 bridgehead atoms. The van der Waals surface area contributed by atoms with Crippen LogP contribution in [0.3, 0.4) is 0 Å². The van der Waals surface area contributed by atoms with Crippen LogP contribution in [0.25, 0.3) is 0 Å². The lowest BCUT2D eigenvalue weighted by atomic mass is 9.86. The summed E-state index contributed by atoms with van der Waals surface area (Å²) in [5.41, 5.74) is -0.390. The molecule has 6 nitrogen and oxygen atoms in total. The standard InChI is InChI=1S/C13H20N2O4/c1-13(2,7-11(16)17)6-10-14-12(15-19-10)9-4-3-5-18-8-9/h9H,3-8H2,1-2H3,(H,16,17). The van der Waals surface area contributed by atoms with Crippen LogP contribution in [0.5, 0.6) is 0 Å². The van der Waals surface area contributed by atoms with Gasteiger partial charge in [0.2, 0.25) is 5.89 Å². The lowest BCUT2D eigenvalue weighted by Gasteiger charge is -2.19. The maximum atomic E-state index is 10.8. The second kappa shape index (κ2) is 5.69. The van der Waals surface area contributed by atoms with Crippen LogP contribution in [0, 0.1) is 5.41 Å². The van der Waals surface area contributed by atoms with Crippen molar-refractivity contribution in [2.45, 2.75) is 45.4 Å². The van der Waals surface area contributed by atoms with Gasteiger partial charge in [-0.05, 0) is 18.3 Å². The minimum Gasteiger partial charge on any atom is -0.481 e. The molecule has 1 aromatic rings. The van der Waals surface area contributed by atoms with E-state index < -0.39 is 11.4 Å². The third kappa shape index (κ3) is 4.02. The average Bonchev–Trinajstić information content (AvgIpc) is 2.76. The van der Waals surface area contributed by atoms with E-state index >= 15 is 0 Å². The molecule has 0 aromatic carbocycles. The number of nitrogens with zero attached hydrogens (tertiary/aromatic N) is 2. The lowest BCUT2D eigenvalue weighted by molar-refractivity contribution is -0.139. The number of aliphatic carboxylic acids is 1. The lowest BCUT2D eigenvalue weighted by Crippen LogP contribution is -2.20. The smallest absolute Gasteiger partial charge is 0.303 e. The number of aromatic nitrogens is 2. The third-order valence-corrected chi connectivity index (χ3v) is 3.27. The number of hydrogen-bond donors (Lipinski definition) is 1. The molecule has 1 fully saturated rings. The van der Waals surface area contributed by atoms with Crippen molar-refractivity contribution < 1.29 is 19.2 Å². The van der Waals surface area contributed by atoms with Crippen LogP contribution in [-0.2, 0) is 16.0 Å². The molecule has 2 heterocycles. The molecule has 0 spiro atoms. The number of carbonyl (C=O) groups is 1. The van der Waals surface area contributed by atoms with E-state index in [1.54, 1.807) is 0 Å². The van der Waals surface area contributed by atoms with Crippen molar-refractivity contribution in [2.75, 3.05) is 13.2 Å². The first kappa shape index (κ1) is 14.0. The minimum atomic E-state index is -0.814. The maximum absolute atomic E-state index is 10.8. The molecule has 1 aliphatic heterocycles. The highest BCUT2D eigenvalue weighted by atomic mass is 16.5. The van der Waals surface area contributed by atoms with Gasteiger partial charge in [0.1, 0.15) is 0 Å². The van der Waals surface area contributed by atoms with Crippen molar-refractivity contribution in [1.82, 2.24) is 10.1 Å². The van der Waals surface area contributed by atoms with Gasteiger partial charge in [-0.2, -0.15) is 4.98 Å². The van der Waals surface area contributed by atoms with Crippen molar-refractivity contribution in [1.29, 1.82) is 0 Å². The quantitative estimate of drug-likeness (QED) is 0.879. The maximum Gasteiger partial charge on any atom is 0.303 e. The molecule has 1 aromatic heterocycles. The normalized spacial score (nSPS) is 20.4. The van der Waals surface area contributed by atoms with Crippen molar-refractivity contribution >= 4 is 5.97 Å². The predicted octanol–water partition coefficient (Wildman–Crippen LogP) is 2.01. The van der Waals surface area contributed by atoms with Gasteiger partial charge in [-0.25, -0.2) is 0 Å². The van der Waals surface area contributed by atoms with Crippen LogP contribution in [-0.4, -0.2) is 34.4 Å². The van der Waals surface area contributed by atoms with Crippen molar-refractivity contribution in [2.24, 2.45) is 5.41 Å². The molecule has 1 atom stereocenters. The van der Waals surface area contributed by atoms with E-state index in [1.165, 1.54) is 0 Å². The topological polar surface area (TPSA) is 85.5 Å². The fourth-order valence-corrected chi connectivity index (χ4v) is 2.33. The zero-order valence-corrected chi connectivity index (χ0v) is 11.4. The number of rotatable bonds is 5. The van der Waals surface area contributed by atoms with Crippen LogP contribution in [0.15, 0.2) is 4.52 Å². The highest BCUT2D eigenvalue weighted by Gasteiger charge is 2.27. The summed E-state index contributed by atoms with van der Waals surface area (Å²) in [5, 5.41) is 12.8. The summed E-state index contributed by atoms with van der Waals surface area (Å²) in [6, 6.07) is 0. The predicted molar refractivity (Wildman–Crippen MR) is 66.8 cm³/mol. The van der Waals surface area contributed by atoms with Gasteiger partial charge in [-0.15, -0.1) is 0 Å². The Morgan fingerprint density at radius 3 is 2.95 bits per heavy atom. The fourth-order valence-electron chi connectivity index (χ4n) is 2.33. The largest absolute Gasteiger partial charge is 0.481 e. The van der Waals surface area contributed by atoms with Gasteiger partial charge in [0.15, 0.2) is 5.82 Å². The Labute approximate surface area is 112 Å². The van der Waals surface area contributed by atoms with Gasteiger partial charge in [0.05, 0.1) is 13.0 Å². The summed E-state index contributed by atoms with van der Waals surface area (Å²) in [5.74, 6) is 0.576. The molecule has 1 N–H and O–H groups in total. The van der Waals surface area contributed by atoms with Gasteiger partial charge < -0.3 is 14.4 Å².